The Bertz CT molecular complexity index is 215. The van der Waals surface area contributed by atoms with Crippen LogP contribution in [0.1, 0.15) is 16.8 Å². The van der Waals surface area contributed by atoms with E-state index in [1.807, 2.05) is 13.8 Å². The highest BCUT2D eigenvalue weighted by atomic mass is 32.1. The highest BCUT2D eigenvalue weighted by molar-refractivity contribution is 7.12. The van der Waals surface area contributed by atoms with Crippen molar-refractivity contribution < 1.29 is 4.74 Å². The van der Waals surface area contributed by atoms with Crippen LogP contribution in [-0.4, -0.2) is 11.6 Å². The summed E-state index contributed by atoms with van der Waals surface area (Å²) >= 11 is 1.59. The average molecular weight is 172 g/mol. The molecule has 1 rings (SSSR count). The van der Waals surface area contributed by atoms with Gasteiger partial charge in [-0.3, -0.25) is 0 Å². The molecule has 0 aromatic carbocycles. The Hall–Kier alpha value is -0.610. The van der Waals surface area contributed by atoms with Crippen LogP contribution < -0.4 is 5.73 Å². The summed E-state index contributed by atoms with van der Waals surface area (Å²) in [6, 6.07) is 0. The van der Waals surface area contributed by atoms with Gasteiger partial charge in [0.2, 0.25) is 0 Å². The number of nitrogens with two attached hydrogens (primary N) is 1. The standard InChI is InChI=1S/C7H12N2OS/c1-3-10-4-6-9-7(8)5(2)11-6/h3-4,8H2,1-2H3. The molecule has 1 heterocycles. The van der Waals surface area contributed by atoms with Crippen molar-refractivity contribution in [1.29, 1.82) is 0 Å². The summed E-state index contributed by atoms with van der Waals surface area (Å²) in [6.45, 7) is 5.23. The van der Waals surface area contributed by atoms with Crippen LogP contribution >= 0.6 is 11.3 Å². The van der Waals surface area contributed by atoms with E-state index in [4.69, 9.17) is 10.5 Å². The van der Waals surface area contributed by atoms with Gasteiger partial charge >= 0.3 is 0 Å². The molecule has 11 heavy (non-hydrogen) atoms. The summed E-state index contributed by atoms with van der Waals surface area (Å²) in [4.78, 5) is 5.19. The molecule has 0 bridgehead atoms. The molecule has 0 saturated carbocycles. The topological polar surface area (TPSA) is 48.1 Å². The Balaban J connectivity index is 2.58. The van der Waals surface area contributed by atoms with Gasteiger partial charge in [0.25, 0.3) is 0 Å². The van der Waals surface area contributed by atoms with Crippen molar-refractivity contribution >= 4 is 17.2 Å². The van der Waals surface area contributed by atoms with E-state index < -0.39 is 0 Å². The minimum absolute atomic E-state index is 0.583. The van der Waals surface area contributed by atoms with E-state index in [1.54, 1.807) is 11.3 Å². The first-order chi connectivity index (χ1) is 5.24. The van der Waals surface area contributed by atoms with Gasteiger partial charge in [0.15, 0.2) is 0 Å². The van der Waals surface area contributed by atoms with Crippen LogP contribution in [-0.2, 0) is 11.3 Å². The minimum atomic E-state index is 0.583. The molecule has 0 aliphatic rings. The first-order valence-corrected chi connectivity index (χ1v) is 4.35. The van der Waals surface area contributed by atoms with Gasteiger partial charge in [-0.25, -0.2) is 4.98 Å². The van der Waals surface area contributed by atoms with Gasteiger partial charge in [-0.05, 0) is 13.8 Å². The van der Waals surface area contributed by atoms with Gasteiger partial charge in [0.1, 0.15) is 10.8 Å². The fraction of sp³-hybridized carbons (Fsp3) is 0.571. The smallest absolute Gasteiger partial charge is 0.137 e. The third-order valence-electron chi connectivity index (χ3n) is 1.31. The van der Waals surface area contributed by atoms with Crippen LogP contribution in [0, 0.1) is 6.92 Å². The second-order valence-corrected chi connectivity index (χ2v) is 3.47. The number of aromatic nitrogens is 1. The molecule has 0 aliphatic heterocycles. The lowest BCUT2D eigenvalue weighted by atomic mass is 10.6. The number of nitrogen functional groups attached to an aromatic ring is 1. The Labute approximate surface area is 70.2 Å². The fourth-order valence-electron chi connectivity index (χ4n) is 0.716. The number of anilines is 1. The van der Waals surface area contributed by atoms with Crippen LogP contribution in [0.2, 0.25) is 0 Å². The van der Waals surface area contributed by atoms with Crippen LogP contribution in [0.5, 0.6) is 0 Å². The third kappa shape index (κ3) is 2.17. The summed E-state index contributed by atoms with van der Waals surface area (Å²) in [5, 5.41) is 0.960. The molecule has 3 nitrogen and oxygen atoms in total. The number of hydrogen-bond donors (Lipinski definition) is 1. The quantitative estimate of drug-likeness (QED) is 0.752. The molecule has 0 unspecified atom stereocenters. The summed E-state index contributed by atoms with van der Waals surface area (Å²) < 4.78 is 5.18. The lowest BCUT2D eigenvalue weighted by Crippen LogP contribution is -1.91. The lowest BCUT2D eigenvalue weighted by Gasteiger charge is -1.93. The number of thiazole rings is 1. The third-order valence-corrected chi connectivity index (χ3v) is 2.27. The molecular weight excluding hydrogens is 160 g/mol. The number of hydrogen-bond acceptors (Lipinski definition) is 4. The van der Waals surface area contributed by atoms with E-state index in [0.717, 1.165) is 16.5 Å². The maximum absolute atomic E-state index is 5.56. The molecule has 0 amide bonds. The van der Waals surface area contributed by atoms with Crippen molar-refractivity contribution in [3.05, 3.63) is 9.88 Å². The van der Waals surface area contributed by atoms with Crippen molar-refractivity contribution in [2.75, 3.05) is 12.3 Å². The summed E-state index contributed by atoms with van der Waals surface area (Å²) in [5.41, 5.74) is 5.56. The Morgan fingerprint density at radius 3 is 2.82 bits per heavy atom. The van der Waals surface area contributed by atoms with Crippen molar-refractivity contribution in [1.82, 2.24) is 4.98 Å². The van der Waals surface area contributed by atoms with E-state index in [0.29, 0.717) is 12.4 Å². The highest BCUT2D eigenvalue weighted by Gasteiger charge is 2.02. The normalized spacial score (nSPS) is 10.4. The molecule has 62 valence electrons. The Kier molecular flexibility index (Phi) is 2.84. The van der Waals surface area contributed by atoms with E-state index >= 15 is 0 Å². The first-order valence-electron chi connectivity index (χ1n) is 3.53. The van der Waals surface area contributed by atoms with Crippen molar-refractivity contribution in [3.63, 3.8) is 0 Å². The van der Waals surface area contributed by atoms with Gasteiger partial charge in [-0.2, -0.15) is 0 Å². The van der Waals surface area contributed by atoms with Gasteiger partial charge in [-0.15, -0.1) is 11.3 Å². The van der Waals surface area contributed by atoms with Crippen molar-refractivity contribution in [2.24, 2.45) is 0 Å². The van der Waals surface area contributed by atoms with E-state index in [2.05, 4.69) is 4.98 Å². The molecule has 1 aromatic rings. The first kappa shape index (κ1) is 8.49. The molecule has 0 radical (unpaired) electrons. The monoisotopic (exact) mass is 172 g/mol. The molecule has 0 saturated heterocycles. The van der Waals surface area contributed by atoms with Gasteiger partial charge in [0, 0.05) is 11.5 Å². The van der Waals surface area contributed by atoms with Crippen LogP contribution in [0.25, 0.3) is 0 Å². The molecule has 2 N–H and O–H groups in total. The lowest BCUT2D eigenvalue weighted by molar-refractivity contribution is 0.134. The number of ether oxygens (including phenoxy) is 1. The van der Waals surface area contributed by atoms with E-state index in [-0.39, 0.29) is 0 Å². The fourth-order valence-corrected chi connectivity index (χ4v) is 1.51. The number of nitrogens with zero attached hydrogens (tertiary/aromatic N) is 1. The minimum Gasteiger partial charge on any atom is -0.383 e. The summed E-state index contributed by atoms with van der Waals surface area (Å²) in [7, 11) is 0. The second kappa shape index (κ2) is 3.69. The predicted molar refractivity (Wildman–Crippen MR) is 46.6 cm³/mol. The molecule has 1 aromatic heterocycles. The Morgan fingerprint density at radius 1 is 1.64 bits per heavy atom. The largest absolute Gasteiger partial charge is 0.383 e. The molecule has 0 aliphatic carbocycles. The van der Waals surface area contributed by atoms with Gasteiger partial charge in [-0.1, -0.05) is 0 Å². The highest BCUT2D eigenvalue weighted by Crippen LogP contribution is 2.19. The number of aryl methyl sites for hydroxylation is 1. The van der Waals surface area contributed by atoms with Crippen molar-refractivity contribution in [2.45, 2.75) is 20.5 Å². The van der Waals surface area contributed by atoms with Crippen LogP contribution in [0.15, 0.2) is 0 Å². The molecule has 0 atom stereocenters. The predicted octanol–water partition coefficient (Wildman–Crippen LogP) is 1.57. The SMILES string of the molecule is CCOCc1nc(N)c(C)s1. The maximum Gasteiger partial charge on any atom is 0.137 e. The zero-order valence-corrected chi connectivity index (χ0v) is 7.57. The zero-order chi connectivity index (χ0) is 8.27. The summed E-state index contributed by atoms with van der Waals surface area (Å²) in [6.07, 6.45) is 0. The van der Waals surface area contributed by atoms with Crippen molar-refractivity contribution in [3.8, 4) is 0 Å². The van der Waals surface area contributed by atoms with Crippen LogP contribution in [0.4, 0.5) is 5.82 Å². The molecular formula is C7H12N2OS. The molecule has 0 fully saturated rings. The second-order valence-electron chi connectivity index (χ2n) is 2.19. The van der Waals surface area contributed by atoms with E-state index in [9.17, 15) is 0 Å². The zero-order valence-electron chi connectivity index (χ0n) is 6.76. The molecule has 4 heteroatoms. The summed E-state index contributed by atoms with van der Waals surface area (Å²) in [5.74, 6) is 0.629. The van der Waals surface area contributed by atoms with Gasteiger partial charge in [0.05, 0.1) is 6.61 Å². The average Bonchev–Trinajstić information content (AvgIpc) is 2.28. The molecule has 0 spiro atoms. The van der Waals surface area contributed by atoms with Crippen LogP contribution in [0.3, 0.4) is 0 Å². The van der Waals surface area contributed by atoms with E-state index in [1.165, 1.54) is 0 Å². The number of rotatable bonds is 3. The van der Waals surface area contributed by atoms with Gasteiger partial charge < -0.3 is 10.5 Å². The maximum atomic E-state index is 5.56. The Morgan fingerprint density at radius 2 is 2.36 bits per heavy atom.